The Bertz CT molecular complexity index is 1330. The molecular weight excluding hydrogens is 454 g/mol. The highest BCUT2D eigenvalue weighted by Crippen LogP contribution is 2.26. The first-order valence-electron chi connectivity index (χ1n) is 12.0. The number of aromatic nitrogens is 1. The summed E-state index contributed by atoms with van der Waals surface area (Å²) in [4.78, 5) is 16.7. The molecular formula is C30H31NO5. The van der Waals surface area contributed by atoms with E-state index in [4.69, 9.17) is 13.9 Å². The number of hydrogen-bond acceptors (Lipinski definition) is 5. The van der Waals surface area contributed by atoms with Crippen LogP contribution in [0, 0.1) is 20.8 Å². The number of carbonyl (C=O) groups is 1. The van der Waals surface area contributed by atoms with Crippen molar-refractivity contribution in [3.05, 3.63) is 101 Å². The molecule has 186 valence electrons. The minimum atomic E-state index is -1.40. The molecule has 1 N–H and O–H groups in total. The Kier molecular flexibility index (Phi) is 7.44. The summed E-state index contributed by atoms with van der Waals surface area (Å²) < 4.78 is 17.7. The van der Waals surface area contributed by atoms with Crippen molar-refractivity contribution in [1.82, 2.24) is 4.98 Å². The van der Waals surface area contributed by atoms with E-state index in [-0.39, 0.29) is 6.42 Å². The van der Waals surface area contributed by atoms with E-state index < -0.39 is 11.6 Å². The lowest BCUT2D eigenvalue weighted by Gasteiger charge is -2.27. The Labute approximate surface area is 211 Å². The van der Waals surface area contributed by atoms with Gasteiger partial charge in [0, 0.05) is 18.4 Å². The molecule has 1 heterocycles. The van der Waals surface area contributed by atoms with Gasteiger partial charge in [-0.1, -0.05) is 36.4 Å². The average Bonchev–Trinajstić information content (AvgIpc) is 3.23. The zero-order chi connectivity index (χ0) is 25.7. The molecule has 0 saturated carbocycles. The molecule has 0 fully saturated rings. The number of nitrogens with zero attached hydrogens (tertiary/aromatic N) is 1. The maximum atomic E-state index is 12.1. The summed E-state index contributed by atoms with van der Waals surface area (Å²) >= 11 is 0. The van der Waals surface area contributed by atoms with E-state index >= 15 is 0 Å². The van der Waals surface area contributed by atoms with Gasteiger partial charge in [0.15, 0.2) is 0 Å². The van der Waals surface area contributed by atoms with Gasteiger partial charge in [-0.05, 0) is 80.8 Å². The third kappa shape index (κ3) is 5.95. The summed E-state index contributed by atoms with van der Waals surface area (Å²) in [7, 11) is 0. The number of benzene rings is 3. The molecule has 1 atom stereocenters. The van der Waals surface area contributed by atoms with Crippen molar-refractivity contribution in [3.8, 4) is 23.0 Å². The zero-order valence-electron chi connectivity index (χ0n) is 21.1. The van der Waals surface area contributed by atoms with Gasteiger partial charge < -0.3 is 19.0 Å². The predicted octanol–water partition coefficient (Wildman–Crippen LogP) is 6.35. The molecule has 6 nitrogen and oxygen atoms in total. The van der Waals surface area contributed by atoms with Crippen molar-refractivity contribution in [1.29, 1.82) is 0 Å². The van der Waals surface area contributed by atoms with Crippen LogP contribution in [-0.2, 0) is 17.6 Å². The maximum absolute atomic E-state index is 12.1. The molecule has 0 bridgehead atoms. The quantitative estimate of drug-likeness (QED) is 0.282. The fraction of sp³-hybridized carbons (Fsp3) is 0.267. The molecule has 0 radical (unpaired) electrons. The summed E-state index contributed by atoms with van der Waals surface area (Å²) in [6.45, 7) is 7.94. The second kappa shape index (κ2) is 10.7. The van der Waals surface area contributed by atoms with Crippen LogP contribution in [0.5, 0.6) is 11.5 Å². The zero-order valence-corrected chi connectivity index (χ0v) is 21.1. The first-order chi connectivity index (χ1) is 17.2. The SMILES string of the molecule is Cc1ccc(OC(C)(Cc2ccc(OCCc3nc(-c4ccccc4)oc3C)cc2)C(=O)O)cc1C. The topological polar surface area (TPSA) is 81.8 Å². The van der Waals surface area contributed by atoms with Gasteiger partial charge in [-0.15, -0.1) is 0 Å². The molecule has 6 heteroatoms. The highest BCUT2D eigenvalue weighted by atomic mass is 16.5. The molecule has 4 aromatic rings. The minimum absolute atomic E-state index is 0.218. The molecule has 1 unspecified atom stereocenters. The summed E-state index contributed by atoms with van der Waals surface area (Å²) in [5.74, 6) is 1.62. The van der Waals surface area contributed by atoms with Crippen molar-refractivity contribution >= 4 is 5.97 Å². The van der Waals surface area contributed by atoms with Crippen LogP contribution in [0.2, 0.25) is 0 Å². The molecule has 0 aliphatic heterocycles. The fourth-order valence-electron chi connectivity index (χ4n) is 3.92. The summed E-state index contributed by atoms with van der Waals surface area (Å²) in [5.41, 5.74) is 3.44. The van der Waals surface area contributed by atoms with Gasteiger partial charge in [0.2, 0.25) is 11.5 Å². The normalized spacial score (nSPS) is 12.7. The van der Waals surface area contributed by atoms with Crippen molar-refractivity contribution < 1.29 is 23.8 Å². The van der Waals surface area contributed by atoms with Crippen LogP contribution in [0.25, 0.3) is 11.5 Å². The van der Waals surface area contributed by atoms with Crippen LogP contribution in [0.15, 0.2) is 77.2 Å². The lowest BCUT2D eigenvalue weighted by Crippen LogP contribution is -2.43. The number of hydrogen-bond donors (Lipinski definition) is 1. The van der Waals surface area contributed by atoms with E-state index in [9.17, 15) is 9.90 Å². The van der Waals surface area contributed by atoms with Crippen LogP contribution in [0.4, 0.5) is 0 Å². The highest BCUT2D eigenvalue weighted by Gasteiger charge is 2.36. The number of aliphatic carboxylic acids is 1. The predicted molar refractivity (Wildman–Crippen MR) is 139 cm³/mol. The maximum Gasteiger partial charge on any atom is 0.348 e. The van der Waals surface area contributed by atoms with Gasteiger partial charge in [0.25, 0.3) is 0 Å². The second-order valence-corrected chi connectivity index (χ2v) is 9.19. The summed E-state index contributed by atoms with van der Waals surface area (Å²) in [5, 5.41) is 9.89. The van der Waals surface area contributed by atoms with E-state index in [1.165, 1.54) is 0 Å². The largest absolute Gasteiger partial charge is 0.493 e. The minimum Gasteiger partial charge on any atom is -0.493 e. The Morgan fingerprint density at radius 3 is 2.31 bits per heavy atom. The average molecular weight is 486 g/mol. The molecule has 1 aromatic heterocycles. The first-order valence-corrected chi connectivity index (χ1v) is 12.0. The van der Waals surface area contributed by atoms with E-state index in [1.807, 2.05) is 87.5 Å². The third-order valence-electron chi connectivity index (χ3n) is 6.26. The number of carboxylic acid groups (broad SMARTS) is 1. The summed E-state index contributed by atoms with van der Waals surface area (Å²) in [6, 6.07) is 22.8. The first kappa shape index (κ1) is 25.0. The van der Waals surface area contributed by atoms with Crippen LogP contribution < -0.4 is 9.47 Å². The molecule has 0 spiro atoms. The highest BCUT2D eigenvalue weighted by molar-refractivity contribution is 5.78. The number of oxazole rings is 1. The van der Waals surface area contributed by atoms with Crippen molar-refractivity contribution in [2.45, 2.75) is 46.1 Å². The Balaban J connectivity index is 1.35. The molecule has 3 aromatic carbocycles. The van der Waals surface area contributed by atoms with Crippen molar-refractivity contribution in [2.75, 3.05) is 6.61 Å². The van der Waals surface area contributed by atoms with E-state index in [1.54, 1.807) is 13.0 Å². The van der Waals surface area contributed by atoms with E-state index in [0.29, 0.717) is 30.4 Å². The molecule has 0 saturated heterocycles. The summed E-state index contributed by atoms with van der Waals surface area (Å²) in [6.07, 6.45) is 0.834. The van der Waals surface area contributed by atoms with E-state index in [2.05, 4.69) is 4.98 Å². The van der Waals surface area contributed by atoms with Crippen molar-refractivity contribution in [2.24, 2.45) is 0 Å². The second-order valence-electron chi connectivity index (χ2n) is 9.19. The monoisotopic (exact) mass is 485 g/mol. The number of aryl methyl sites for hydroxylation is 3. The molecule has 4 rings (SSSR count). The van der Waals surface area contributed by atoms with Gasteiger partial charge in [-0.25, -0.2) is 9.78 Å². The van der Waals surface area contributed by atoms with Gasteiger partial charge in [0.1, 0.15) is 17.3 Å². The fourth-order valence-corrected chi connectivity index (χ4v) is 3.92. The van der Waals surface area contributed by atoms with Gasteiger partial charge in [0.05, 0.1) is 12.3 Å². The Morgan fingerprint density at radius 1 is 0.944 bits per heavy atom. The van der Waals surface area contributed by atoms with Crippen LogP contribution >= 0.6 is 0 Å². The third-order valence-corrected chi connectivity index (χ3v) is 6.26. The lowest BCUT2D eigenvalue weighted by atomic mass is 9.96. The van der Waals surface area contributed by atoms with E-state index in [0.717, 1.165) is 33.7 Å². The Hall–Kier alpha value is -4.06. The van der Waals surface area contributed by atoms with Gasteiger partial charge in [-0.2, -0.15) is 0 Å². The van der Waals surface area contributed by atoms with Gasteiger partial charge in [-0.3, -0.25) is 0 Å². The Morgan fingerprint density at radius 2 is 1.64 bits per heavy atom. The van der Waals surface area contributed by atoms with Crippen LogP contribution in [0.3, 0.4) is 0 Å². The lowest BCUT2D eigenvalue weighted by molar-refractivity contribution is -0.153. The number of carboxylic acids is 1. The van der Waals surface area contributed by atoms with Crippen LogP contribution in [0.1, 0.15) is 35.1 Å². The van der Waals surface area contributed by atoms with Gasteiger partial charge >= 0.3 is 5.97 Å². The smallest absolute Gasteiger partial charge is 0.348 e. The molecule has 36 heavy (non-hydrogen) atoms. The standard InChI is InChI=1S/C30H31NO5/c1-20-10-13-26(18-21(20)2)36-30(4,29(32)33)19-23-11-14-25(15-12-23)34-17-16-27-22(3)35-28(31-27)24-8-6-5-7-9-24/h5-15,18H,16-17,19H2,1-4H3,(H,32,33). The number of ether oxygens (including phenoxy) is 2. The molecule has 0 amide bonds. The van der Waals surface area contributed by atoms with Crippen molar-refractivity contribution in [3.63, 3.8) is 0 Å². The van der Waals surface area contributed by atoms with Crippen LogP contribution in [-0.4, -0.2) is 28.3 Å². The number of rotatable bonds is 10. The molecule has 0 aliphatic rings. The molecule has 0 aliphatic carbocycles.